The Balaban J connectivity index is 1.72. The Hall–Kier alpha value is -1.70. The van der Waals surface area contributed by atoms with Crippen LogP contribution in [-0.2, 0) is 11.3 Å². The second kappa shape index (κ2) is 7.04. The van der Waals surface area contributed by atoms with E-state index in [0.29, 0.717) is 38.8 Å². The molecule has 0 unspecified atom stereocenters. The van der Waals surface area contributed by atoms with E-state index in [1.54, 1.807) is 11.3 Å². The number of carbonyl (C=O) groups is 1. The van der Waals surface area contributed by atoms with Crippen molar-refractivity contribution in [3.63, 3.8) is 0 Å². The van der Waals surface area contributed by atoms with Crippen molar-refractivity contribution in [2.24, 2.45) is 0 Å². The number of anilines is 1. The fraction of sp³-hybridized carbons (Fsp3) is 0.357. The summed E-state index contributed by atoms with van der Waals surface area (Å²) in [5, 5.41) is 5.04. The lowest BCUT2D eigenvalue weighted by atomic mass is 10.3. The van der Waals surface area contributed by atoms with Crippen molar-refractivity contribution in [1.82, 2.24) is 15.3 Å². The summed E-state index contributed by atoms with van der Waals surface area (Å²) in [6.07, 6.45) is 1.47. The molecule has 1 amide bonds. The van der Waals surface area contributed by atoms with Gasteiger partial charge in [0.05, 0.1) is 31.0 Å². The molecule has 0 bridgehead atoms. The minimum atomic E-state index is -0.296. The Labute approximate surface area is 137 Å². The highest BCUT2D eigenvalue weighted by Crippen LogP contribution is 2.17. The first kappa shape index (κ1) is 15.2. The summed E-state index contributed by atoms with van der Waals surface area (Å²) in [5.41, 5.74) is 0.203. The lowest BCUT2D eigenvalue weighted by Gasteiger charge is -2.26. The summed E-state index contributed by atoms with van der Waals surface area (Å²) in [6, 6.07) is 3.91. The van der Waals surface area contributed by atoms with Crippen LogP contribution < -0.4 is 10.2 Å². The molecule has 1 saturated heterocycles. The second-order valence-corrected chi connectivity index (χ2v) is 6.17. The van der Waals surface area contributed by atoms with E-state index in [-0.39, 0.29) is 16.6 Å². The molecular formula is C14H15ClN4O2S. The van der Waals surface area contributed by atoms with Gasteiger partial charge in [-0.2, -0.15) is 0 Å². The molecule has 0 radical (unpaired) electrons. The summed E-state index contributed by atoms with van der Waals surface area (Å²) >= 11 is 7.65. The third-order valence-corrected chi connectivity index (χ3v) is 4.40. The maximum Gasteiger partial charge on any atom is 0.271 e. The third-order valence-electron chi connectivity index (χ3n) is 3.24. The van der Waals surface area contributed by atoms with E-state index in [1.165, 1.54) is 6.20 Å². The Bertz CT molecular complexity index is 644. The number of thiophene rings is 1. The highest BCUT2D eigenvalue weighted by Gasteiger charge is 2.19. The number of nitrogens with one attached hydrogen (secondary N) is 1. The van der Waals surface area contributed by atoms with Crippen LogP contribution in [0, 0.1) is 0 Å². The van der Waals surface area contributed by atoms with Gasteiger partial charge in [-0.25, -0.2) is 9.97 Å². The quantitative estimate of drug-likeness (QED) is 0.923. The monoisotopic (exact) mass is 338 g/mol. The van der Waals surface area contributed by atoms with Gasteiger partial charge in [-0.3, -0.25) is 4.79 Å². The van der Waals surface area contributed by atoms with Crippen molar-refractivity contribution in [3.8, 4) is 0 Å². The SMILES string of the molecule is O=C(NCc1cccs1)c1nc(N2CCOCC2)ncc1Cl. The maximum atomic E-state index is 12.3. The molecule has 0 atom stereocenters. The maximum absolute atomic E-state index is 12.3. The Morgan fingerprint density at radius 3 is 3.00 bits per heavy atom. The number of ether oxygens (including phenoxy) is 1. The van der Waals surface area contributed by atoms with Gasteiger partial charge >= 0.3 is 0 Å². The molecule has 8 heteroatoms. The molecule has 1 N–H and O–H groups in total. The molecule has 0 saturated carbocycles. The van der Waals surface area contributed by atoms with Crippen LogP contribution in [0.25, 0.3) is 0 Å². The van der Waals surface area contributed by atoms with Crippen LogP contribution in [-0.4, -0.2) is 42.2 Å². The molecule has 0 aliphatic carbocycles. The average molecular weight is 339 g/mol. The molecule has 2 aromatic rings. The molecule has 1 aliphatic heterocycles. The summed E-state index contributed by atoms with van der Waals surface area (Å²) in [4.78, 5) is 23.8. The largest absolute Gasteiger partial charge is 0.378 e. The number of aromatic nitrogens is 2. The highest BCUT2D eigenvalue weighted by atomic mass is 35.5. The molecule has 3 rings (SSSR count). The number of hydrogen-bond donors (Lipinski definition) is 1. The van der Waals surface area contributed by atoms with Crippen molar-refractivity contribution >= 4 is 34.8 Å². The predicted octanol–water partition coefficient (Wildman–Crippen LogP) is 1.96. The molecule has 116 valence electrons. The zero-order valence-corrected chi connectivity index (χ0v) is 13.4. The number of hydrogen-bond acceptors (Lipinski definition) is 6. The Kier molecular flexibility index (Phi) is 4.87. The van der Waals surface area contributed by atoms with Crippen LogP contribution in [0.15, 0.2) is 23.7 Å². The lowest BCUT2D eigenvalue weighted by molar-refractivity contribution is 0.0946. The molecular weight excluding hydrogens is 324 g/mol. The summed E-state index contributed by atoms with van der Waals surface area (Å²) in [6.45, 7) is 3.14. The zero-order valence-electron chi connectivity index (χ0n) is 11.8. The van der Waals surface area contributed by atoms with Crippen LogP contribution in [0.2, 0.25) is 5.02 Å². The number of morpholine rings is 1. The lowest BCUT2D eigenvalue weighted by Crippen LogP contribution is -2.37. The first-order chi connectivity index (χ1) is 10.7. The molecule has 22 heavy (non-hydrogen) atoms. The third kappa shape index (κ3) is 3.55. The molecule has 3 heterocycles. The van der Waals surface area contributed by atoms with Gasteiger partial charge in [0.1, 0.15) is 0 Å². The van der Waals surface area contributed by atoms with E-state index < -0.39 is 0 Å². The number of rotatable bonds is 4. The zero-order chi connectivity index (χ0) is 15.4. The number of nitrogens with zero attached hydrogens (tertiary/aromatic N) is 3. The highest BCUT2D eigenvalue weighted by molar-refractivity contribution is 7.09. The van der Waals surface area contributed by atoms with Crippen molar-refractivity contribution in [3.05, 3.63) is 39.3 Å². The topological polar surface area (TPSA) is 67.4 Å². The van der Waals surface area contributed by atoms with Crippen LogP contribution >= 0.6 is 22.9 Å². The molecule has 1 fully saturated rings. The van der Waals surface area contributed by atoms with Gasteiger partial charge < -0.3 is 15.0 Å². The molecule has 2 aromatic heterocycles. The number of amides is 1. The Morgan fingerprint density at radius 2 is 2.27 bits per heavy atom. The second-order valence-electron chi connectivity index (χ2n) is 4.73. The van der Waals surface area contributed by atoms with Crippen molar-refractivity contribution in [2.75, 3.05) is 31.2 Å². The van der Waals surface area contributed by atoms with Crippen LogP contribution in [0.1, 0.15) is 15.4 Å². The van der Waals surface area contributed by atoms with Gasteiger partial charge in [-0.15, -0.1) is 11.3 Å². The van der Waals surface area contributed by atoms with Crippen LogP contribution in [0.3, 0.4) is 0 Å². The summed E-state index contributed by atoms with van der Waals surface area (Å²) < 4.78 is 5.30. The minimum Gasteiger partial charge on any atom is -0.378 e. The average Bonchev–Trinajstić information content (AvgIpc) is 3.07. The van der Waals surface area contributed by atoms with Gasteiger partial charge in [-0.05, 0) is 11.4 Å². The number of carbonyl (C=O) groups excluding carboxylic acids is 1. The van der Waals surface area contributed by atoms with Crippen molar-refractivity contribution < 1.29 is 9.53 Å². The fourth-order valence-electron chi connectivity index (χ4n) is 2.10. The normalized spacial score (nSPS) is 14.9. The molecule has 1 aliphatic rings. The van der Waals surface area contributed by atoms with Gasteiger partial charge in [-0.1, -0.05) is 17.7 Å². The van der Waals surface area contributed by atoms with Crippen LogP contribution in [0.5, 0.6) is 0 Å². The van der Waals surface area contributed by atoms with E-state index in [0.717, 1.165) is 4.88 Å². The Morgan fingerprint density at radius 1 is 1.45 bits per heavy atom. The van der Waals surface area contributed by atoms with E-state index in [1.807, 2.05) is 22.4 Å². The van der Waals surface area contributed by atoms with Crippen molar-refractivity contribution in [2.45, 2.75) is 6.54 Å². The molecule has 6 nitrogen and oxygen atoms in total. The van der Waals surface area contributed by atoms with Gasteiger partial charge in [0.15, 0.2) is 5.69 Å². The molecule has 0 spiro atoms. The van der Waals surface area contributed by atoms with E-state index in [4.69, 9.17) is 16.3 Å². The predicted molar refractivity (Wildman–Crippen MR) is 85.6 cm³/mol. The summed E-state index contributed by atoms with van der Waals surface area (Å²) in [7, 11) is 0. The van der Waals surface area contributed by atoms with Crippen LogP contribution in [0.4, 0.5) is 5.95 Å². The van der Waals surface area contributed by atoms with Gasteiger partial charge in [0.2, 0.25) is 5.95 Å². The smallest absolute Gasteiger partial charge is 0.271 e. The fourth-order valence-corrected chi connectivity index (χ4v) is 2.92. The van der Waals surface area contributed by atoms with Crippen molar-refractivity contribution in [1.29, 1.82) is 0 Å². The summed E-state index contributed by atoms with van der Waals surface area (Å²) in [5.74, 6) is 0.212. The standard InChI is InChI=1S/C14H15ClN4O2S/c15-11-9-17-14(19-3-5-21-6-4-19)18-12(11)13(20)16-8-10-2-1-7-22-10/h1-2,7,9H,3-6,8H2,(H,16,20). The van der Waals surface area contributed by atoms with E-state index >= 15 is 0 Å². The van der Waals surface area contributed by atoms with Gasteiger partial charge in [0, 0.05) is 18.0 Å². The number of halogens is 1. The first-order valence-corrected chi connectivity index (χ1v) is 8.15. The van der Waals surface area contributed by atoms with E-state index in [2.05, 4.69) is 15.3 Å². The minimum absolute atomic E-state index is 0.203. The molecule has 0 aromatic carbocycles. The first-order valence-electron chi connectivity index (χ1n) is 6.90. The van der Waals surface area contributed by atoms with E-state index in [9.17, 15) is 4.79 Å². The van der Waals surface area contributed by atoms with Gasteiger partial charge in [0.25, 0.3) is 5.91 Å².